The van der Waals surface area contributed by atoms with E-state index in [4.69, 9.17) is 4.74 Å². The molecule has 158 valence electrons. The normalized spacial score (nSPS) is 20.5. The van der Waals surface area contributed by atoms with Crippen LogP contribution in [0.2, 0.25) is 0 Å². The van der Waals surface area contributed by atoms with Gasteiger partial charge in [0.15, 0.2) is 0 Å². The van der Waals surface area contributed by atoms with E-state index in [1.807, 2.05) is 24.3 Å². The predicted octanol–water partition coefficient (Wildman–Crippen LogP) is 4.43. The van der Waals surface area contributed by atoms with E-state index in [0.29, 0.717) is 11.3 Å². The van der Waals surface area contributed by atoms with Crippen LogP contribution in [0.5, 0.6) is 0 Å². The minimum Gasteiger partial charge on any atom is -0.459 e. The van der Waals surface area contributed by atoms with E-state index >= 15 is 0 Å². The van der Waals surface area contributed by atoms with Crippen LogP contribution in [0.25, 0.3) is 0 Å². The summed E-state index contributed by atoms with van der Waals surface area (Å²) < 4.78 is 5.87. The van der Waals surface area contributed by atoms with E-state index in [0.717, 1.165) is 50.0 Å². The van der Waals surface area contributed by atoms with Gasteiger partial charge in [-0.05, 0) is 64.2 Å². The lowest BCUT2D eigenvalue weighted by molar-refractivity contribution is -0.145. The molecular formula is C23H33N3O3. The third-order valence-electron chi connectivity index (χ3n) is 5.92. The zero-order valence-corrected chi connectivity index (χ0v) is 17.8. The Morgan fingerprint density at radius 3 is 2.28 bits per heavy atom. The van der Waals surface area contributed by atoms with Crippen molar-refractivity contribution in [2.24, 2.45) is 0 Å². The number of anilines is 1. The molecular weight excluding hydrogens is 366 g/mol. The van der Waals surface area contributed by atoms with Gasteiger partial charge in [-0.1, -0.05) is 25.0 Å². The van der Waals surface area contributed by atoms with Crippen LogP contribution in [0.1, 0.15) is 70.9 Å². The highest BCUT2D eigenvalue weighted by molar-refractivity contribution is 5.95. The number of carbonyl (C=O) groups is 2. The lowest BCUT2D eigenvalue weighted by Gasteiger charge is -2.29. The molecule has 1 aliphatic carbocycles. The fraction of sp³-hybridized carbons (Fsp3) is 0.565. The molecule has 3 rings (SSSR count). The van der Waals surface area contributed by atoms with Crippen LogP contribution >= 0.6 is 0 Å². The molecule has 6 nitrogen and oxygen atoms in total. The van der Waals surface area contributed by atoms with Crippen LogP contribution in [-0.4, -0.2) is 31.2 Å². The van der Waals surface area contributed by atoms with E-state index in [2.05, 4.69) is 29.4 Å². The maximum absolute atomic E-state index is 13.1. The second kappa shape index (κ2) is 9.81. The Morgan fingerprint density at radius 2 is 1.69 bits per heavy atom. The zero-order valence-electron chi connectivity index (χ0n) is 17.8. The number of nitrogens with one attached hydrogen (secondary N) is 2. The Morgan fingerprint density at radius 1 is 1.07 bits per heavy atom. The van der Waals surface area contributed by atoms with Crippen LogP contribution in [-0.2, 0) is 9.53 Å². The van der Waals surface area contributed by atoms with Gasteiger partial charge in [0, 0.05) is 24.5 Å². The van der Waals surface area contributed by atoms with Crippen molar-refractivity contribution >= 4 is 17.7 Å². The van der Waals surface area contributed by atoms with E-state index in [9.17, 15) is 9.59 Å². The van der Waals surface area contributed by atoms with Crippen molar-refractivity contribution in [3.63, 3.8) is 0 Å². The number of hydrogen-bond acceptors (Lipinski definition) is 4. The lowest BCUT2D eigenvalue weighted by Crippen LogP contribution is -2.45. The Bertz CT molecular complexity index is 745. The lowest BCUT2D eigenvalue weighted by atomic mass is 9.95. The monoisotopic (exact) mass is 399 g/mol. The molecule has 2 aliphatic rings. The molecule has 1 aliphatic heterocycles. The van der Waals surface area contributed by atoms with Crippen LogP contribution < -0.4 is 15.5 Å². The third kappa shape index (κ3) is 5.11. The summed E-state index contributed by atoms with van der Waals surface area (Å²) >= 11 is 0. The van der Waals surface area contributed by atoms with Crippen LogP contribution in [0, 0.1) is 0 Å². The topological polar surface area (TPSA) is 70.7 Å². The minimum atomic E-state index is -0.507. The molecule has 2 N–H and O–H groups in total. The molecule has 6 heteroatoms. The van der Waals surface area contributed by atoms with Gasteiger partial charge >= 0.3 is 12.0 Å². The molecule has 2 amide bonds. The molecule has 1 fully saturated rings. The van der Waals surface area contributed by atoms with Gasteiger partial charge in [-0.15, -0.1) is 0 Å². The van der Waals surface area contributed by atoms with E-state index in [1.165, 1.54) is 12.8 Å². The van der Waals surface area contributed by atoms with Gasteiger partial charge in [0.1, 0.15) is 6.10 Å². The van der Waals surface area contributed by atoms with E-state index < -0.39 is 6.04 Å². The van der Waals surface area contributed by atoms with E-state index in [1.54, 1.807) is 6.92 Å². The number of ether oxygens (including phenoxy) is 1. The van der Waals surface area contributed by atoms with Gasteiger partial charge in [0.25, 0.3) is 0 Å². The first kappa shape index (κ1) is 21.2. The second-order valence-electron chi connectivity index (χ2n) is 7.85. The van der Waals surface area contributed by atoms with Crippen molar-refractivity contribution in [1.29, 1.82) is 0 Å². The summed E-state index contributed by atoms with van der Waals surface area (Å²) in [6, 6.07) is 7.24. The number of carbonyl (C=O) groups excluding carboxylic acids is 2. The number of amides is 2. The Balaban J connectivity index is 1.82. The van der Waals surface area contributed by atoms with Gasteiger partial charge in [-0.3, -0.25) is 0 Å². The quantitative estimate of drug-likeness (QED) is 0.548. The van der Waals surface area contributed by atoms with Gasteiger partial charge < -0.3 is 20.3 Å². The number of benzene rings is 1. The Kier molecular flexibility index (Phi) is 7.18. The van der Waals surface area contributed by atoms with Gasteiger partial charge in [-0.25, -0.2) is 9.59 Å². The molecule has 0 spiro atoms. The van der Waals surface area contributed by atoms with Crippen molar-refractivity contribution < 1.29 is 14.3 Å². The number of esters is 1. The summed E-state index contributed by atoms with van der Waals surface area (Å²) in [6.45, 7) is 7.87. The first-order chi connectivity index (χ1) is 14.0. The molecule has 1 aromatic rings. The zero-order chi connectivity index (χ0) is 20.8. The first-order valence-corrected chi connectivity index (χ1v) is 10.9. The Labute approximate surface area is 173 Å². The van der Waals surface area contributed by atoms with Crippen molar-refractivity contribution in [3.05, 3.63) is 41.1 Å². The predicted molar refractivity (Wildman–Crippen MR) is 115 cm³/mol. The molecule has 29 heavy (non-hydrogen) atoms. The molecule has 1 aromatic carbocycles. The number of urea groups is 1. The summed E-state index contributed by atoms with van der Waals surface area (Å²) in [5, 5.41) is 5.63. The highest BCUT2D eigenvalue weighted by Crippen LogP contribution is 2.30. The van der Waals surface area contributed by atoms with Crippen molar-refractivity contribution in [3.8, 4) is 0 Å². The van der Waals surface area contributed by atoms with Gasteiger partial charge in [0.2, 0.25) is 0 Å². The molecule has 0 bridgehead atoms. The second-order valence-corrected chi connectivity index (χ2v) is 7.85. The maximum atomic E-state index is 13.1. The largest absolute Gasteiger partial charge is 0.459 e. The van der Waals surface area contributed by atoms with Crippen LogP contribution in [0.4, 0.5) is 10.5 Å². The number of hydrogen-bond donors (Lipinski definition) is 2. The summed E-state index contributed by atoms with van der Waals surface area (Å²) in [6.07, 6.45) is 6.41. The maximum Gasteiger partial charge on any atom is 0.338 e. The molecule has 1 heterocycles. The van der Waals surface area contributed by atoms with Crippen molar-refractivity contribution in [1.82, 2.24) is 10.6 Å². The fourth-order valence-corrected chi connectivity index (χ4v) is 4.26. The fourth-order valence-electron chi connectivity index (χ4n) is 4.26. The SMILES string of the molecule is CCN(CC)c1ccc([C@@H]2NC(=O)NC(C)=C2C(=O)OC2CCCCCC2)cc1. The van der Waals surface area contributed by atoms with Crippen molar-refractivity contribution in [2.45, 2.75) is 71.4 Å². The summed E-state index contributed by atoms with van der Waals surface area (Å²) in [5.41, 5.74) is 3.06. The number of allylic oxidation sites excluding steroid dienone is 1. The summed E-state index contributed by atoms with van der Waals surface area (Å²) in [7, 11) is 0. The Hall–Kier alpha value is -2.50. The molecule has 0 aromatic heterocycles. The standard InChI is InChI=1S/C23H33N3O3/c1-4-26(5-2)18-14-12-17(13-15-18)21-20(16(3)24-23(28)25-21)22(27)29-19-10-8-6-7-9-11-19/h12-15,19,21H,4-11H2,1-3H3,(H2,24,25,28)/t21-/m0/s1. The van der Waals surface area contributed by atoms with Gasteiger partial charge in [-0.2, -0.15) is 0 Å². The van der Waals surface area contributed by atoms with Crippen LogP contribution in [0.15, 0.2) is 35.5 Å². The summed E-state index contributed by atoms with van der Waals surface area (Å²) in [4.78, 5) is 27.4. The molecule has 1 atom stereocenters. The minimum absolute atomic E-state index is 0.0337. The summed E-state index contributed by atoms with van der Waals surface area (Å²) in [5.74, 6) is -0.334. The smallest absolute Gasteiger partial charge is 0.338 e. The van der Waals surface area contributed by atoms with Crippen molar-refractivity contribution in [2.75, 3.05) is 18.0 Å². The third-order valence-corrected chi connectivity index (χ3v) is 5.92. The molecule has 0 radical (unpaired) electrons. The molecule has 1 saturated carbocycles. The highest BCUT2D eigenvalue weighted by Gasteiger charge is 2.33. The molecule has 0 saturated heterocycles. The number of nitrogens with zero attached hydrogens (tertiary/aromatic N) is 1. The average molecular weight is 400 g/mol. The van der Waals surface area contributed by atoms with Gasteiger partial charge in [0.05, 0.1) is 11.6 Å². The highest BCUT2D eigenvalue weighted by atomic mass is 16.5. The van der Waals surface area contributed by atoms with E-state index in [-0.39, 0.29) is 18.1 Å². The average Bonchev–Trinajstić information content (AvgIpc) is 2.97. The first-order valence-electron chi connectivity index (χ1n) is 10.9. The van der Waals surface area contributed by atoms with Crippen LogP contribution in [0.3, 0.4) is 0 Å². The number of rotatable bonds is 6. The molecule has 0 unspecified atom stereocenters.